The Labute approximate surface area is 147 Å². The summed E-state index contributed by atoms with van der Waals surface area (Å²) in [6, 6.07) is 4.30. The van der Waals surface area contributed by atoms with Crippen LogP contribution in [0.25, 0.3) is 11.0 Å². The van der Waals surface area contributed by atoms with E-state index in [1.165, 1.54) is 31.2 Å². The zero-order valence-electron chi connectivity index (χ0n) is 14.8. The van der Waals surface area contributed by atoms with Crippen LogP contribution in [0.2, 0.25) is 0 Å². The molecule has 0 bridgehead atoms. The molecule has 3 aromatic rings. The maximum Gasteiger partial charge on any atom is 0.163 e. The van der Waals surface area contributed by atoms with E-state index < -0.39 is 0 Å². The summed E-state index contributed by atoms with van der Waals surface area (Å²) in [7, 11) is 1.94. The number of aromatic nitrogens is 5. The summed E-state index contributed by atoms with van der Waals surface area (Å²) in [5.74, 6) is 2.32. The highest BCUT2D eigenvalue weighted by molar-refractivity contribution is 5.86. The number of hydrogen-bond acceptors (Lipinski definition) is 5. The van der Waals surface area contributed by atoms with E-state index in [9.17, 15) is 0 Å². The minimum Gasteiger partial charge on any atom is -0.363 e. The highest BCUT2D eigenvalue weighted by atomic mass is 15.3. The van der Waals surface area contributed by atoms with Crippen LogP contribution in [0.3, 0.4) is 0 Å². The van der Waals surface area contributed by atoms with Crippen molar-refractivity contribution in [3.8, 4) is 0 Å². The number of rotatable bonds is 5. The van der Waals surface area contributed by atoms with Crippen molar-refractivity contribution >= 4 is 16.9 Å². The van der Waals surface area contributed by atoms with Gasteiger partial charge in [0.2, 0.25) is 0 Å². The molecule has 1 aliphatic carbocycles. The summed E-state index contributed by atoms with van der Waals surface area (Å²) in [4.78, 5) is 13.9. The van der Waals surface area contributed by atoms with Crippen molar-refractivity contribution in [1.82, 2.24) is 24.7 Å². The van der Waals surface area contributed by atoms with Crippen LogP contribution in [0.4, 0.5) is 5.82 Å². The van der Waals surface area contributed by atoms with Gasteiger partial charge in [0.25, 0.3) is 0 Å². The normalized spacial score (nSPS) is 16.4. The lowest BCUT2D eigenvalue weighted by Gasteiger charge is -2.19. The average molecular weight is 336 g/mol. The summed E-state index contributed by atoms with van der Waals surface area (Å²) < 4.78 is 1.84. The van der Waals surface area contributed by atoms with Crippen molar-refractivity contribution in [2.75, 3.05) is 5.32 Å². The van der Waals surface area contributed by atoms with Crippen LogP contribution in [0.5, 0.6) is 0 Å². The first-order valence-electron chi connectivity index (χ1n) is 9.12. The van der Waals surface area contributed by atoms with E-state index in [0.29, 0.717) is 5.92 Å². The quantitative estimate of drug-likeness (QED) is 0.763. The molecule has 3 heterocycles. The largest absolute Gasteiger partial charge is 0.363 e. The van der Waals surface area contributed by atoms with Crippen LogP contribution in [-0.2, 0) is 7.05 Å². The van der Waals surface area contributed by atoms with E-state index in [2.05, 4.69) is 34.5 Å². The molecule has 0 aliphatic heterocycles. The van der Waals surface area contributed by atoms with Gasteiger partial charge in [-0.2, -0.15) is 5.10 Å². The van der Waals surface area contributed by atoms with E-state index in [0.717, 1.165) is 29.1 Å². The monoisotopic (exact) mass is 336 g/mol. The summed E-state index contributed by atoms with van der Waals surface area (Å²) in [5.41, 5.74) is 2.12. The minimum absolute atomic E-state index is 0.192. The molecule has 1 unspecified atom stereocenters. The Hall–Kier alpha value is -2.50. The van der Waals surface area contributed by atoms with Crippen molar-refractivity contribution in [3.63, 3.8) is 0 Å². The van der Waals surface area contributed by atoms with E-state index in [4.69, 9.17) is 9.97 Å². The lowest BCUT2D eigenvalue weighted by molar-refractivity contribution is 0.664. The van der Waals surface area contributed by atoms with E-state index in [1.807, 2.05) is 30.3 Å². The van der Waals surface area contributed by atoms with Gasteiger partial charge in [0.1, 0.15) is 11.6 Å². The third kappa shape index (κ3) is 3.08. The maximum atomic E-state index is 4.92. The maximum absolute atomic E-state index is 4.92. The Morgan fingerprint density at radius 1 is 1.20 bits per heavy atom. The topological polar surface area (TPSA) is 68.5 Å². The number of nitrogens with one attached hydrogen (secondary N) is 1. The third-order valence-electron chi connectivity index (χ3n) is 5.16. The predicted molar refractivity (Wildman–Crippen MR) is 98.4 cm³/mol. The van der Waals surface area contributed by atoms with Gasteiger partial charge in [0, 0.05) is 25.4 Å². The molecule has 6 heteroatoms. The van der Waals surface area contributed by atoms with Gasteiger partial charge in [-0.1, -0.05) is 19.8 Å². The van der Waals surface area contributed by atoms with Crippen LogP contribution in [0.1, 0.15) is 62.4 Å². The number of nitrogens with zero attached hydrogens (tertiary/aromatic N) is 5. The fraction of sp³-hybridized carbons (Fsp3) is 0.474. The van der Waals surface area contributed by atoms with Gasteiger partial charge < -0.3 is 5.32 Å². The Balaban J connectivity index is 1.74. The van der Waals surface area contributed by atoms with Crippen LogP contribution in [-0.4, -0.2) is 24.7 Å². The first-order chi connectivity index (χ1) is 12.3. The van der Waals surface area contributed by atoms with Crippen LogP contribution in [0.15, 0.2) is 30.7 Å². The molecule has 1 fully saturated rings. The molecule has 0 aromatic carbocycles. The van der Waals surface area contributed by atoms with Crippen molar-refractivity contribution in [2.24, 2.45) is 7.05 Å². The molecular weight excluding hydrogens is 312 g/mol. The Morgan fingerprint density at radius 3 is 2.68 bits per heavy atom. The van der Waals surface area contributed by atoms with Gasteiger partial charge in [-0.3, -0.25) is 9.67 Å². The molecule has 1 N–H and O–H groups in total. The molecular formula is C19H24N6. The summed E-state index contributed by atoms with van der Waals surface area (Å²) >= 11 is 0. The number of anilines is 1. The molecule has 6 nitrogen and oxygen atoms in total. The Morgan fingerprint density at radius 2 is 1.96 bits per heavy atom. The van der Waals surface area contributed by atoms with Crippen molar-refractivity contribution in [2.45, 2.75) is 51.0 Å². The highest BCUT2D eigenvalue weighted by Gasteiger charge is 2.23. The van der Waals surface area contributed by atoms with E-state index in [-0.39, 0.29) is 6.04 Å². The number of aryl methyl sites for hydroxylation is 1. The van der Waals surface area contributed by atoms with Gasteiger partial charge in [-0.25, -0.2) is 9.97 Å². The first-order valence-corrected chi connectivity index (χ1v) is 9.12. The van der Waals surface area contributed by atoms with E-state index >= 15 is 0 Å². The van der Waals surface area contributed by atoms with Gasteiger partial charge in [-0.05, 0) is 37.0 Å². The molecule has 4 rings (SSSR count). The molecule has 130 valence electrons. The zero-order chi connectivity index (χ0) is 17.2. The van der Waals surface area contributed by atoms with Crippen molar-refractivity contribution < 1.29 is 0 Å². The van der Waals surface area contributed by atoms with Gasteiger partial charge in [-0.15, -0.1) is 0 Å². The lowest BCUT2D eigenvalue weighted by atomic mass is 10.1. The van der Waals surface area contributed by atoms with Gasteiger partial charge in [0.15, 0.2) is 5.65 Å². The Bertz CT molecular complexity index is 851. The SMILES string of the molecule is CCC(Nc1nc(C2CCCC2)nc2c1cnn2C)c1ccncc1. The number of hydrogen-bond donors (Lipinski definition) is 1. The lowest BCUT2D eigenvalue weighted by Crippen LogP contribution is -2.13. The van der Waals surface area contributed by atoms with E-state index in [1.54, 1.807) is 0 Å². The van der Waals surface area contributed by atoms with Crippen LogP contribution < -0.4 is 5.32 Å². The van der Waals surface area contributed by atoms with Crippen molar-refractivity contribution in [3.05, 3.63) is 42.1 Å². The highest BCUT2D eigenvalue weighted by Crippen LogP contribution is 2.34. The third-order valence-corrected chi connectivity index (χ3v) is 5.16. The van der Waals surface area contributed by atoms with Crippen molar-refractivity contribution in [1.29, 1.82) is 0 Å². The molecule has 25 heavy (non-hydrogen) atoms. The molecule has 0 amide bonds. The minimum atomic E-state index is 0.192. The molecule has 0 spiro atoms. The first kappa shape index (κ1) is 16.0. The molecule has 1 atom stereocenters. The standard InChI is InChI=1S/C19H24N6/c1-3-16(13-8-10-20-11-9-13)22-18-15-12-21-25(2)19(15)24-17(23-18)14-6-4-5-7-14/h8-12,14,16H,3-7H2,1-2H3,(H,22,23,24). The Kier molecular flexibility index (Phi) is 4.34. The average Bonchev–Trinajstić information content (AvgIpc) is 3.31. The predicted octanol–water partition coefficient (Wildman–Crippen LogP) is 3.98. The molecule has 0 saturated heterocycles. The second kappa shape index (κ2) is 6.78. The fourth-order valence-corrected chi connectivity index (χ4v) is 3.70. The second-order valence-corrected chi connectivity index (χ2v) is 6.80. The van der Waals surface area contributed by atoms with Gasteiger partial charge >= 0.3 is 0 Å². The summed E-state index contributed by atoms with van der Waals surface area (Å²) in [6.07, 6.45) is 11.4. The smallest absolute Gasteiger partial charge is 0.163 e. The number of pyridine rings is 1. The van der Waals surface area contributed by atoms with Gasteiger partial charge in [0.05, 0.1) is 17.6 Å². The van der Waals surface area contributed by atoms with Crippen LogP contribution in [0, 0.1) is 0 Å². The number of fused-ring (bicyclic) bond motifs is 1. The summed E-state index contributed by atoms with van der Waals surface area (Å²) in [5, 5.41) is 9.01. The fourth-order valence-electron chi connectivity index (χ4n) is 3.70. The molecule has 1 aliphatic rings. The zero-order valence-corrected chi connectivity index (χ0v) is 14.8. The molecule has 3 aromatic heterocycles. The van der Waals surface area contributed by atoms with Crippen LogP contribution >= 0.6 is 0 Å². The summed E-state index contributed by atoms with van der Waals surface area (Å²) in [6.45, 7) is 2.18. The molecule has 1 saturated carbocycles. The molecule has 0 radical (unpaired) electrons. The second-order valence-electron chi connectivity index (χ2n) is 6.80.